The number of hydrogen-bond donors (Lipinski definition) is 2. The summed E-state index contributed by atoms with van der Waals surface area (Å²) < 4.78 is 6.78. The first-order chi connectivity index (χ1) is 12.9. The van der Waals surface area contributed by atoms with Crippen molar-refractivity contribution in [2.45, 2.75) is 64.8 Å². The lowest BCUT2D eigenvalue weighted by Crippen LogP contribution is -2.31. The Kier molecular flexibility index (Phi) is 8.87. The smallest absolute Gasteiger partial charge is 0.458 e. The lowest BCUT2D eigenvalue weighted by atomic mass is 9.77. The van der Waals surface area contributed by atoms with Crippen LogP contribution < -0.4 is 0 Å². The molecule has 0 spiro atoms. The van der Waals surface area contributed by atoms with Crippen molar-refractivity contribution in [1.82, 2.24) is 0 Å². The fraction of sp³-hybridized carbons (Fsp3) is 0.455. The lowest BCUT2D eigenvalue weighted by Gasteiger charge is -2.28. The molecule has 1 heterocycles. The number of halogens is 1. The van der Waals surface area contributed by atoms with Crippen LogP contribution in [-0.2, 0) is 4.65 Å². The maximum absolute atomic E-state index is 10.1. The number of allylic oxidation sites excluding steroid dienone is 2. The van der Waals surface area contributed by atoms with Crippen molar-refractivity contribution in [1.29, 1.82) is 0 Å². The van der Waals surface area contributed by atoms with E-state index in [1.807, 2.05) is 12.1 Å². The highest BCUT2D eigenvalue weighted by molar-refractivity contribution is 9.10. The predicted octanol–water partition coefficient (Wildman–Crippen LogP) is 6.28. The molecule has 2 N–H and O–H groups in total. The largest absolute Gasteiger partial charge is 0.507 e. The van der Waals surface area contributed by atoms with Crippen molar-refractivity contribution >= 4 is 29.1 Å². The van der Waals surface area contributed by atoms with Crippen LogP contribution in [0.25, 0.3) is 6.08 Å². The van der Waals surface area contributed by atoms with E-state index >= 15 is 0 Å². The minimum absolute atomic E-state index is 0.121. The van der Waals surface area contributed by atoms with Crippen molar-refractivity contribution in [2.24, 2.45) is 0 Å². The molecule has 0 aliphatic carbocycles. The van der Waals surface area contributed by atoms with E-state index in [0.717, 1.165) is 59.7 Å². The zero-order valence-electron chi connectivity index (χ0n) is 16.4. The van der Waals surface area contributed by atoms with Crippen molar-refractivity contribution < 1.29 is 14.8 Å². The van der Waals surface area contributed by atoms with Crippen LogP contribution in [0.2, 0.25) is 6.32 Å². The van der Waals surface area contributed by atoms with Crippen LogP contribution in [-0.4, -0.2) is 23.4 Å². The van der Waals surface area contributed by atoms with Crippen LogP contribution in [0.3, 0.4) is 0 Å². The molecule has 0 aromatic heterocycles. The summed E-state index contributed by atoms with van der Waals surface area (Å²) in [6.45, 7) is 8.51. The molecular weight excluding hydrogens is 403 g/mol. The quantitative estimate of drug-likeness (QED) is 0.451. The summed E-state index contributed by atoms with van der Waals surface area (Å²) in [5.41, 5.74) is 4.35. The molecule has 0 saturated heterocycles. The van der Waals surface area contributed by atoms with E-state index in [0.29, 0.717) is 6.32 Å². The van der Waals surface area contributed by atoms with Gasteiger partial charge in [0.1, 0.15) is 5.75 Å². The van der Waals surface area contributed by atoms with Gasteiger partial charge in [0.15, 0.2) is 0 Å². The minimum atomic E-state index is -0.735. The fourth-order valence-electron chi connectivity index (χ4n) is 3.49. The van der Waals surface area contributed by atoms with E-state index in [9.17, 15) is 10.1 Å². The molecule has 5 heteroatoms. The molecule has 1 aliphatic heterocycles. The van der Waals surface area contributed by atoms with Gasteiger partial charge in [-0.15, -0.1) is 0 Å². The Morgan fingerprint density at radius 1 is 1.30 bits per heavy atom. The zero-order chi connectivity index (χ0) is 19.8. The third-order valence-electron chi connectivity index (χ3n) is 4.82. The first kappa shape index (κ1) is 22.0. The van der Waals surface area contributed by atoms with Crippen molar-refractivity contribution in [3.05, 3.63) is 57.6 Å². The Labute approximate surface area is 172 Å². The second-order valence-corrected chi connectivity index (χ2v) is 8.04. The van der Waals surface area contributed by atoms with Crippen LogP contribution in [0, 0.1) is 0 Å². The number of aromatic hydroxyl groups is 1. The van der Waals surface area contributed by atoms with Gasteiger partial charge in [0, 0.05) is 16.4 Å². The fourth-order valence-corrected chi connectivity index (χ4v) is 3.87. The number of hydrogen-bond acceptors (Lipinski definition) is 3. The van der Waals surface area contributed by atoms with Crippen LogP contribution in [0.1, 0.15) is 57.9 Å². The van der Waals surface area contributed by atoms with E-state index < -0.39 is 7.12 Å². The number of phenols is 1. The first-order valence-electron chi connectivity index (χ1n) is 9.84. The number of rotatable bonds is 9. The van der Waals surface area contributed by atoms with Crippen LogP contribution in [0.15, 0.2) is 52.0 Å². The van der Waals surface area contributed by atoms with Gasteiger partial charge in [-0.3, -0.25) is 0 Å². The summed E-state index contributed by atoms with van der Waals surface area (Å²) in [6.07, 6.45) is 10.2. The predicted molar refractivity (Wildman–Crippen MR) is 118 cm³/mol. The topological polar surface area (TPSA) is 49.7 Å². The molecule has 3 nitrogen and oxygen atoms in total. The van der Waals surface area contributed by atoms with Gasteiger partial charge in [-0.2, -0.15) is 0 Å². The van der Waals surface area contributed by atoms with Gasteiger partial charge in [0.2, 0.25) is 0 Å². The molecule has 1 unspecified atom stereocenters. The molecule has 2 rings (SSSR count). The summed E-state index contributed by atoms with van der Waals surface area (Å²) in [4.78, 5) is 0. The third kappa shape index (κ3) is 6.67. The average molecular weight is 433 g/mol. The van der Waals surface area contributed by atoms with E-state index in [1.165, 1.54) is 5.57 Å². The summed E-state index contributed by atoms with van der Waals surface area (Å²) in [5, 5.41) is 20.1. The SMILES string of the molecule is C=C(CCC)C1=CCB(O)OC1CC/C(=C/c1cc(Br)ccc1O)CCC. The van der Waals surface area contributed by atoms with Crippen molar-refractivity contribution in [3.63, 3.8) is 0 Å². The molecule has 0 radical (unpaired) electrons. The third-order valence-corrected chi connectivity index (χ3v) is 5.31. The Morgan fingerprint density at radius 2 is 2.04 bits per heavy atom. The Balaban J connectivity index is 2.14. The summed E-state index contributed by atoms with van der Waals surface area (Å²) >= 11 is 3.47. The lowest BCUT2D eigenvalue weighted by molar-refractivity contribution is 0.182. The molecule has 0 fully saturated rings. The Morgan fingerprint density at radius 3 is 2.74 bits per heavy atom. The molecule has 0 amide bonds. The Hall–Kier alpha value is -1.30. The maximum atomic E-state index is 10.1. The van der Waals surface area contributed by atoms with Crippen LogP contribution in [0.4, 0.5) is 0 Å². The molecular formula is C22H30BBrO3. The zero-order valence-corrected chi connectivity index (χ0v) is 18.0. The van der Waals surface area contributed by atoms with Gasteiger partial charge in [0.05, 0.1) is 6.10 Å². The molecule has 146 valence electrons. The van der Waals surface area contributed by atoms with E-state index in [2.05, 4.69) is 48.5 Å². The first-order valence-corrected chi connectivity index (χ1v) is 10.6. The summed E-state index contributed by atoms with van der Waals surface area (Å²) in [7, 11) is -0.735. The molecule has 0 bridgehead atoms. The van der Waals surface area contributed by atoms with Gasteiger partial charge in [-0.25, -0.2) is 0 Å². The highest BCUT2D eigenvalue weighted by Crippen LogP contribution is 2.31. The maximum Gasteiger partial charge on any atom is 0.458 e. The number of benzene rings is 1. The van der Waals surface area contributed by atoms with E-state index in [4.69, 9.17) is 4.65 Å². The average Bonchev–Trinajstić information content (AvgIpc) is 2.63. The van der Waals surface area contributed by atoms with Gasteiger partial charge < -0.3 is 14.8 Å². The second-order valence-electron chi connectivity index (χ2n) is 7.12. The number of phenolic OH excluding ortho intramolecular Hbond substituents is 1. The van der Waals surface area contributed by atoms with E-state index in [1.54, 1.807) is 6.07 Å². The van der Waals surface area contributed by atoms with Crippen molar-refractivity contribution in [3.8, 4) is 5.75 Å². The van der Waals surface area contributed by atoms with E-state index in [-0.39, 0.29) is 11.9 Å². The van der Waals surface area contributed by atoms with Crippen LogP contribution in [0.5, 0.6) is 5.75 Å². The van der Waals surface area contributed by atoms with Gasteiger partial charge in [-0.1, -0.05) is 66.9 Å². The normalized spacial score (nSPS) is 17.8. The molecule has 1 aromatic rings. The monoisotopic (exact) mass is 432 g/mol. The molecule has 1 aliphatic rings. The van der Waals surface area contributed by atoms with Crippen molar-refractivity contribution in [2.75, 3.05) is 0 Å². The standard InChI is InChI=1S/C22H30BBrO3/c1-4-6-16(3)20-12-13-23(26)27-22(20)11-8-17(7-5-2)14-18-15-19(24)9-10-21(18)25/h9-10,12,14-15,22,25-26H,3-8,11,13H2,1-2H3/b17-14+. The van der Waals surface area contributed by atoms with Gasteiger partial charge >= 0.3 is 7.12 Å². The summed E-state index contributed by atoms with van der Waals surface area (Å²) in [6, 6.07) is 5.47. The Bertz CT molecular complexity index is 712. The molecule has 0 saturated carbocycles. The second kappa shape index (κ2) is 10.9. The van der Waals surface area contributed by atoms with Gasteiger partial charge in [-0.05, 0) is 55.0 Å². The molecule has 27 heavy (non-hydrogen) atoms. The molecule has 1 aromatic carbocycles. The van der Waals surface area contributed by atoms with Crippen LogP contribution >= 0.6 is 15.9 Å². The summed E-state index contributed by atoms with van der Waals surface area (Å²) in [5.74, 6) is 0.285. The highest BCUT2D eigenvalue weighted by atomic mass is 79.9. The minimum Gasteiger partial charge on any atom is -0.507 e. The molecule has 1 atom stereocenters. The van der Waals surface area contributed by atoms with Gasteiger partial charge in [0.25, 0.3) is 0 Å². The highest BCUT2D eigenvalue weighted by Gasteiger charge is 2.27.